The third-order valence-corrected chi connectivity index (χ3v) is 4.87. The minimum Gasteiger partial charge on any atom is -0.672 e. The number of halogens is 3. The van der Waals surface area contributed by atoms with E-state index in [0.717, 1.165) is 25.1 Å². The van der Waals surface area contributed by atoms with Gasteiger partial charge in [-0.25, -0.2) is 9.97 Å². The van der Waals surface area contributed by atoms with Gasteiger partial charge in [-0.05, 0) is 35.7 Å². The minimum atomic E-state index is -4.37. The molecule has 0 radical (unpaired) electrons. The van der Waals surface area contributed by atoms with Gasteiger partial charge in [0.2, 0.25) is 5.95 Å². The zero-order chi connectivity index (χ0) is 19.7. The number of nitrogens with one attached hydrogen (secondary N) is 1. The fourth-order valence-corrected chi connectivity index (χ4v) is 3.36. The van der Waals surface area contributed by atoms with Crippen LogP contribution in [0.25, 0.3) is 17.0 Å². The van der Waals surface area contributed by atoms with Crippen LogP contribution in [0.15, 0.2) is 54.6 Å². The summed E-state index contributed by atoms with van der Waals surface area (Å²) in [5.74, 6) is 0.508. The first-order chi connectivity index (χ1) is 13.4. The van der Waals surface area contributed by atoms with Crippen LogP contribution in [0, 0.1) is 0 Å². The smallest absolute Gasteiger partial charge is 0.416 e. The molecule has 28 heavy (non-hydrogen) atoms. The fourth-order valence-electron chi connectivity index (χ4n) is 3.36. The first kappa shape index (κ1) is 18.4. The van der Waals surface area contributed by atoms with Crippen molar-refractivity contribution >= 4 is 5.95 Å². The van der Waals surface area contributed by atoms with Crippen LogP contribution in [0.3, 0.4) is 0 Å². The number of benzene rings is 2. The predicted molar refractivity (Wildman–Crippen MR) is 102 cm³/mol. The molecule has 0 fully saturated rings. The summed E-state index contributed by atoms with van der Waals surface area (Å²) in [6, 6.07) is 14.8. The van der Waals surface area contributed by atoms with Crippen molar-refractivity contribution in [1.29, 1.82) is 0 Å². The van der Waals surface area contributed by atoms with Gasteiger partial charge in [0.1, 0.15) is 0 Å². The van der Waals surface area contributed by atoms with Crippen LogP contribution in [0.2, 0.25) is 0 Å². The summed E-state index contributed by atoms with van der Waals surface area (Å²) >= 11 is 0. The van der Waals surface area contributed by atoms with E-state index < -0.39 is 11.7 Å². The van der Waals surface area contributed by atoms with Gasteiger partial charge in [0.15, 0.2) is 0 Å². The Kier molecular flexibility index (Phi) is 4.77. The van der Waals surface area contributed by atoms with Crippen molar-refractivity contribution < 1.29 is 13.2 Å². The number of hydrogen-bond acceptors (Lipinski definition) is 3. The van der Waals surface area contributed by atoms with Crippen molar-refractivity contribution in [2.45, 2.75) is 25.7 Å². The lowest BCUT2D eigenvalue weighted by molar-refractivity contribution is -0.137. The molecular weight excluding hydrogens is 365 g/mol. The minimum absolute atomic E-state index is 0.0203. The number of aromatic nitrogens is 2. The maximum absolute atomic E-state index is 12.8. The largest absolute Gasteiger partial charge is 0.672 e. The molecule has 144 valence electrons. The summed E-state index contributed by atoms with van der Waals surface area (Å²) in [5, 5.41) is 0. The van der Waals surface area contributed by atoms with Crippen molar-refractivity contribution in [3.63, 3.8) is 0 Å². The second-order valence-electron chi connectivity index (χ2n) is 6.74. The highest BCUT2D eigenvalue weighted by Gasteiger charge is 2.30. The molecule has 0 amide bonds. The maximum Gasteiger partial charge on any atom is 0.416 e. The van der Waals surface area contributed by atoms with Crippen molar-refractivity contribution in [2.75, 3.05) is 11.4 Å². The average Bonchev–Trinajstić information content (AvgIpc) is 2.72. The van der Waals surface area contributed by atoms with E-state index >= 15 is 0 Å². The summed E-state index contributed by atoms with van der Waals surface area (Å²) in [6.07, 6.45) is -3.50. The lowest BCUT2D eigenvalue weighted by Gasteiger charge is -2.29. The van der Waals surface area contributed by atoms with E-state index in [1.807, 2.05) is 12.1 Å². The SMILES string of the molecule is [NH-]Cc1cc(-c2ccc(C(F)(F)F)cc2)nc(N2CCc3ccccc3C2)n1. The molecule has 0 aliphatic carbocycles. The van der Waals surface area contributed by atoms with Crippen LogP contribution in [0.5, 0.6) is 0 Å². The number of anilines is 1. The van der Waals surface area contributed by atoms with Gasteiger partial charge in [-0.15, -0.1) is 6.54 Å². The van der Waals surface area contributed by atoms with E-state index in [9.17, 15) is 13.2 Å². The van der Waals surface area contributed by atoms with Crippen molar-refractivity contribution in [1.82, 2.24) is 9.97 Å². The molecule has 1 N–H and O–H groups in total. The van der Waals surface area contributed by atoms with Gasteiger partial charge in [0, 0.05) is 24.3 Å². The molecule has 4 nitrogen and oxygen atoms in total. The van der Waals surface area contributed by atoms with Crippen molar-refractivity contribution in [3.8, 4) is 11.3 Å². The Balaban J connectivity index is 1.67. The molecule has 1 aliphatic heterocycles. The molecule has 0 atom stereocenters. The first-order valence-electron chi connectivity index (χ1n) is 8.96. The van der Waals surface area contributed by atoms with Crippen LogP contribution in [-0.2, 0) is 25.7 Å². The summed E-state index contributed by atoms with van der Waals surface area (Å²) < 4.78 is 38.4. The van der Waals surface area contributed by atoms with E-state index in [4.69, 9.17) is 5.73 Å². The molecule has 4 rings (SSSR count). The fraction of sp³-hybridized carbons (Fsp3) is 0.238. The topological polar surface area (TPSA) is 52.8 Å². The second-order valence-corrected chi connectivity index (χ2v) is 6.74. The van der Waals surface area contributed by atoms with Crippen LogP contribution in [-0.4, -0.2) is 16.5 Å². The number of rotatable bonds is 3. The summed E-state index contributed by atoms with van der Waals surface area (Å²) in [5.41, 5.74) is 11.2. The summed E-state index contributed by atoms with van der Waals surface area (Å²) in [7, 11) is 0. The molecular formula is C21H18F3N4-. The summed E-state index contributed by atoms with van der Waals surface area (Å²) in [6.45, 7) is 1.41. The monoisotopic (exact) mass is 383 g/mol. The molecule has 1 aromatic heterocycles. The number of fused-ring (bicyclic) bond motifs is 1. The highest BCUT2D eigenvalue weighted by Crippen LogP contribution is 2.31. The van der Waals surface area contributed by atoms with E-state index in [-0.39, 0.29) is 6.54 Å². The molecule has 1 aliphatic rings. The molecule has 3 aromatic rings. The number of hydrogen-bond donors (Lipinski definition) is 0. The van der Waals surface area contributed by atoms with E-state index in [2.05, 4.69) is 27.0 Å². The standard InChI is InChI=1S/C21H18F3N4/c22-21(23,24)17-7-5-15(6-8-17)19-11-18(12-25)26-20(27-19)28-10-9-14-3-1-2-4-16(14)13-28/h1-8,11,25H,9-10,12-13H2/q-1. The molecule has 7 heteroatoms. The van der Waals surface area contributed by atoms with Crippen molar-refractivity contribution in [3.05, 3.63) is 82.7 Å². The molecule has 2 aromatic carbocycles. The van der Waals surface area contributed by atoms with Gasteiger partial charge in [-0.1, -0.05) is 36.4 Å². The highest BCUT2D eigenvalue weighted by atomic mass is 19.4. The lowest BCUT2D eigenvalue weighted by atomic mass is 10.0. The maximum atomic E-state index is 12.8. The Morgan fingerprint density at radius 3 is 2.36 bits per heavy atom. The van der Waals surface area contributed by atoms with Gasteiger partial charge < -0.3 is 10.6 Å². The molecule has 2 heterocycles. The van der Waals surface area contributed by atoms with Gasteiger partial charge in [-0.2, -0.15) is 13.2 Å². The first-order valence-corrected chi connectivity index (χ1v) is 8.96. The lowest BCUT2D eigenvalue weighted by Crippen LogP contribution is -2.32. The van der Waals surface area contributed by atoms with E-state index in [0.29, 0.717) is 29.4 Å². The van der Waals surface area contributed by atoms with E-state index in [1.54, 1.807) is 6.07 Å². The Bertz CT molecular complexity index is 984. The van der Waals surface area contributed by atoms with Crippen LogP contribution >= 0.6 is 0 Å². The third kappa shape index (κ3) is 3.71. The Morgan fingerprint density at radius 1 is 0.964 bits per heavy atom. The highest BCUT2D eigenvalue weighted by molar-refractivity contribution is 5.62. The van der Waals surface area contributed by atoms with E-state index in [1.165, 1.54) is 23.3 Å². The Hall–Kier alpha value is -2.93. The molecule has 0 unspecified atom stereocenters. The molecule has 0 saturated carbocycles. The average molecular weight is 383 g/mol. The molecule has 0 bridgehead atoms. The predicted octanol–water partition coefficient (Wildman–Crippen LogP) is 5.28. The van der Waals surface area contributed by atoms with Crippen molar-refractivity contribution in [2.24, 2.45) is 0 Å². The Labute approximate surface area is 160 Å². The molecule has 0 saturated heterocycles. The zero-order valence-electron chi connectivity index (χ0n) is 15.0. The normalized spacial score (nSPS) is 14.1. The molecule has 0 spiro atoms. The quantitative estimate of drug-likeness (QED) is 0.618. The zero-order valence-corrected chi connectivity index (χ0v) is 15.0. The van der Waals surface area contributed by atoms with Gasteiger partial charge in [0.25, 0.3) is 0 Å². The number of alkyl halides is 3. The Morgan fingerprint density at radius 2 is 1.68 bits per heavy atom. The van der Waals surface area contributed by atoms with Gasteiger partial charge >= 0.3 is 6.18 Å². The third-order valence-electron chi connectivity index (χ3n) is 4.87. The summed E-state index contributed by atoms with van der Waals surface area (Å²) in [4.78, 5) is 11.1. The van der Waals surface area contributed by atoms with Crippen LogP contribution in [0.4, 0.5) is 19.1 Å². The van der Waals surface area contributed by atoms with Gasteiger partial charge in [-0.3, -0.25) is 0 Å². The van der Waals surface area contributed by atoms with Gasteiger partial charge in [0.05, 0.1) is 11.3 Å². The number of nitrogens with zero attached hydrogens (tertiary/aromatic N) is 3. The van der Waals surface area contributed by atoms with Crippen LogP contribution in [0.1, 0.15) is 22.4 Å². The second kappa shape index (κ2) is 7.24. The van der Waals surface area contributed by atoms with Crippen LogP contribution < -0.4 is 4.90 Å².